The van der Waals surface area contributed by atoms with E-state index in [4.69, 9.17) is 23.2 Å². The molecule has 0 aliphatic heterocycles. The van der Waals surface area contributed by atoms with Crippen molar-refractivity contribution in [3.63, 3.8) is 0 Å². The van der Waals surface area contributed by atoms with Crippen LogP contribution in [-0.4, -0.2) is 4.92 Å². The molecule has 0 aliphatic rings. The molecule has 0 atom stereocenters. The lowest BCUT2D eigenvalue weighted by molar-refractivity contribution is -0.398. The highest BCUT2D eigenvalue weighted by Crippen LogP contribution is 2.33. The normalized spacial score (nSPS) is 9.83. The minimum Gasteiger partial charge on any atom is -0.867 e. The van der Waals surface area contributed by atoms with Crippen LogP contribution >= 0.6 is 23.2 Å². The molecule has 0 fully saturated rings. The fraction of sp³-hybridized carbons (Fsp3) is 0. The first-order valence-corrected chi connectivity index (χ1v) is 3.58. The average Bonchev–Trinajstić information content (AvgIpc) is 1.96. The van der Waals surface area contributed by atoms with Gasteiger partial charge in [0.15, 0.2) is 0 Å². The van der Waals surface area contributed by atoms with Gasteiger partial charge in [-0.1, -0.05) is 23.2 Å². The first-order valence-electron chi connectivity index (χ1n) is 2.83. The van der Waals surface area contributed by atoms with Crippen molar-refractivity contribution < 1.29 is 10.0 Å². The van der Waals surface area contributed by atoms with Gasteiger partial charge in [-0.05, 0) is 11.8 Å². The van der Waals surface area contributed by atoms with Gasteiger partial charge in [0, 0.05) is 16.1 Å². The molecular weight excluding hydrogens is 205 g/mol. The summed E-state index contributed by atoms with van der Waals surface area (Å²) in [7, 11) is 0. The third kappa shape index (κ3) is 1.60. The summed E-state index contributed by atoms with van der Waals surface area (Å²) in [5, 5.41) is 21.0. The van der Waals surface area contributed by atoms with E-state index in [2.05, 4.69) is 0 Å². The van der Waals surface area contributed by atoms with Crippen molar-refractivity contribution in [1.29, 1.82) is 0 Å². The minimum atomic E-state index is -0.819. The number of benzene rings is 1. The Morgan fingerprint density at radius 2 is 1.92 bits per heavy atom. The van der Waals surface area contributed by atoms with Crippen molar-refractivity contribution in [3.05, 3.63) is 32.3 Å². The Bertz CT molecular complexity index is 340. The zero-order valence-electron chi connectivity index (χ0n) is 5.58. The predicted molar refractivity (Wildman–Crippen MR) is 42.6 cm³/mol. The molecule has 0 spiro atoms. The van der Waals surface area contributed by atoms with E-state index in [1.807, 2.05) is 0 Å². The van der Waals surface area contributed by atoms with Crippen LogP contribution in [0.3, 0.4) is 0 Å². The standard InChI is InChI=1S/C6H3Cl2NO3/c7-3-1-4(8)6(10)5(2-3)9(11)12/h1-2,10H/p-1. The molecule has 0 unspecified atom stereocenters. The second kappa shape index (κ2) is 3.16. The van der Waals surface area contributed by atoms with Crippen LogP contribution in [0.5, 0.6) is 5.75 Å². The molecule has 4 nitrogen and oxygen atoms in total. The van der Waals surface area contributed by atoms with Crippen LogP contribution in [0.1, 0.15) is 0 Å². The number of nitro groups is 1. The lowest BCUT2D eigenvalue weighted by Gasteiger charge is -2.08. The second-order valence-electron chi connectivity index (χ2n) is 1.99. The van der Waals surface area contributed by atoms with Crippen LogP contribution in [0.15, 0.2) is 12.1 Å². The number of halogens is 2. The van der Waals surface area contributed by atoms with Gasteiger partial charge in [-0.3, -0.25) is 10.1 Å². The van der Waals surface area contributed by atoms with Crippen molar-refractivity contribution in [2.75, 3.05) is 0 Å². The first kappa shape index (κ1) is 9.09. The fourth-order valence-electron chi connectivity index (χ4n) is 0.682. The third-order valence-electron chi connectivity index (χ3n) is 1.19. The molecule has 12 heavy (non-hydrogen) atoms. The zero-order chi connectivity index (χ0) is 9.30. The van der Waals surface area contributed by atoms with Crippen LogP contribution in [-0.2, 0) is 0 Å². The van der Waals surface area contributed by atoms with E-state index >= 15 is 0 Å². The quantitative estimate of drug-likeness (QED) is 0.522. The largest absolute Gasteiger partial charge is 0.867 e. The predicted octanol–water partition coefficient (Wildman–Crippen LogP) is 1.98. The Labute approximate surface area is 77.5 Å². The molecule has 0 radical (unpaired) electrons. The summed E-state index contributed by atoms with van der Waals surface area (Å²) in [5.74, 6) is -0.814. The van der Waals surface area contributed by atoms with E-state index in [-0.39, 0.29) is 10.0 Å². The van der Waals surface area contributed by atoms with Crippen LogP contribution in [0.2, 0.25) is 10.0 Å². The van der Waals surface area contributed by atoms with Crippen molar-refractivity contribution in [3.8, 4) is 5.75 Å². The van der Waals surface area contributed by atoms with Crippen molar-refractivity contribution in [2.24, 2.45) is 0 Å². The van der Waals surface area contributed by atoms with E-state index in [1.165, 1.54) is 6.07 Å². The maximum atomic E-state index is 10.9. The Morgan fingerprint density at radius 3 is 2.42 bits per heavy atom. The summed E-state index contributed by atoms with van der Waals surface area (Å²) in [6.45, 7) is 0. The van der Waals surface area contributed by atoms with E-state index in [0.29, 0.717) is 0 Å². The topological polar surface area (TPSA) is 66.2 Å². The molecule has 0 aromatic heterocycles. The summed E-state index contributed by atoms with van der Waals surface area (Å²) in [5.41, 5.74) is -0.604. The molecule has 0 aliphatic carbocycles. The van der Waals surface area contributed by atoms with Crippen LogP contribution in [0, 0.1) is 10.1 Å². The maximum absolute atomic E-state index is 10.9. The zero-order valence-corrected chi connectivity index (χ0v) is 7.09. The van der Waals surface area contributed by atoms with Gasteiger partial charge in [0.2, 0.25) is 0 Å². The van der Waals surface area contributed by atoms with E-state index in [0.717, 1.165) is 6.07 Å². The Balaban J connectivity index is 3.37. The summed E-state index contributed by atoms with van der Waals surface area (Å²) in [4.78, 5) is 9.40. The van der Waals surface area contributed by atoms with Crippen LogP contribution in [0.25, 0.3) is 0 Å². The molecule has 0 saturated carbocycles. The monoisotopic (exact) mass is 206 g/mol. The van der Waals surface area contributed by atoms with E-state index in [9.17, 15) is 15.2 Å². The molecule has 0 N–H and O–H groups in total. The second-order valence-corrected chi connectivity index (χ2v) is 2.84. The molecule has 6 heteroatoms. The molecule has 0 amide bonds. The molecule has 0 bridgehead atoms. The lowest BCUT2D eigenvalue weighted by atomic mass is 10.3. The summed E-state index contributed by atoms with van der Waals surface area (Å²) < 4.78 is 0. The number of hydrogen-bond donors (Lipinski definition) is 0. The molecule has 64 valence electrons. The molecule has 1 aromatic carbocycles. The Hall–Kier alpha value is -1.00. The van der Waals surface area contributed by atoms with Gasteiger partial charge in [0.25, 0.3) is 5.69 Å². The highest BCUT2D eigenvalue weighted by Gasteiger charge is 2.10. The molecule has 0 heterocycles. The lowest BCUT2D eigenvalue weighted by Crippen LogP contribution is -1.98. The van der Waals surface area contributed by atoms with Gasteiger partial charge in [-0.15, -0.1) is 0 Å². The Morgan fingerprint density at radius 1 is 1.33 bits per heavy atom. The third-order valence-corrected chi connectivity index (χ3v) is 1.68. The first-order chi connectivity index (χ1) is 5.52. The highest BCUT2D eigenvalue weighted by molar-refractivity contribution is 6.36. The van der Waals surface area contributed by atoms with Gasteiger partial charge in [-0.25, -0.2) is 0 Å². The van der Waals surface area contributed by atoms with Crippen LogP contribution in [0.4, 0.5) is 5.69 Å². The smallest absolute Gasteiger partial charge is 0.264 e. The highest BCUT2D eigenvalue weighted by atomic mass is 35.5. The Kier molecular flexibility index (Phi) is 2.40. The minimum absolute atomic E-state index is 0.0753. The van der Waals surface area contributed by atoms with E-state index in [1.54, 1.807) is 0 Å². The van der Waals surface area contributed by atoms with Crippen molar-refractivity contribution >= 4 is 28.9 Å². The van der Waals surface area contributed by atoms with Crippen molar-refractivity contribution in [1.82, 2.24) is 0 Å². The summed E-state index contributed by atoms with van der Waals surface area (Å²) in [6, 6.07) is 2.13. The number of rotatable bonds is 1. The number of nitrogens with zero attached hydrogens (tertiary/aromatic N) is 1. The van der Waals surface area contributed by atoms with Crippen molar-refractivity contribution in [2.45, 2.75) is 0 Å². The summed E-state index contributed by atoms with van der Waals surface area (Å²) in [6.07, 6.45) is 0. The fourth-order valence-corrected chi connectivity index (χ4v) is 1.17. The molecule has 0 saturated heterocycles. The summed E-state index contributed by atoms with van der Waals surface area (Å²) >= 11 is 10.8. The SMILES string of the molecule is O=[N+]([O-])c1cc(Cl)cc(Cl)c1[O-]. The van der Waals surface area contributed by atoms with Gasteiger partial charge in [-0.2, -0.15) is 0 Å². The van der Waals surface area contributed by atoms with Gasteiger partial charge in [0.05, 0.1) is 4.92 Å². The van der Waals surface area contributed by atoms with Crippen LogP contribution < -0.4 is 5.11 Å². The molecule has 1 rings (SSSR count). The number of nitro benzene ring substituents is 1. The molecule has 1 aromatic rings. The molecular formula is C6H2Cl2NO3-. The van der Waals surface area contributed by atoms with E-state index < -0.39 is 16.4 Å². The van der Waals surface area contributed by atoms with Gasteiger partial charge < -0.3 is 5.11 Å². The number of hydrogen-bond acceptors (Lipinski definition) is 3. The maximum Gasteiger partial charge on any atom is 0.264 e. The van der Waals surface area contributed by atoms with Gasteiger partial charge in [0.1, 0.15) is 0 Å². The van der Waals surface area contributed by atoms with Gasteiger partial charge >= 0.3 is 0 Å². The average molecular weight is 207 g/mol.